The van der Waals surface area contributed by atoms with Crippen molar-refractivity contribution in [2.75, 3.05) is 0 Å². The van der Waals surface area contributed by atoms with Crippen LogP contribution >= 0.6 is 0 Å². The third kappa shape index (κ3) is 11.5. The molecule has 1 unspecified atom stereocenters. The Morgan fingerprint density at radius 3 is 1.73 bits per heavy atom. The van der Waals surface area contributed by atoms with E-state index in [1.54, 1.807) is 0 Å². The van der Waals surface area contributed by atoms with Crippen LogP contribution in [-0.2, 0) is 9.59 Å². The van der Waals surface area contributed by atoms with Gasteiger partial charge in [0, 0.05) is 0 Å². The molecule has 0 spiro atoms. The van der Waals surface area contributed by atoms with E-state index >= 15 is 0 Å². The maximum atomic E-state index is 9.72. The molecule has 0 aliphatic carbocycles. The number of carboxylic acids is 2. The number of aliphatic hydroxyl groups excluding tert-OH is 1. The van der Waals surface area contributed by atoms with Crippen molar-refractivity contribution in [1.29, 1.82) is 0 Å². The van der Waals surface area contributed by atoms with Crippen molar-refractivity contribution in [3.63, 3.8) is 0 Å². The molecule has 1 atom stereocenters. The number of hydrogen-bond donors (Lipinski definition) is 3. The van der Waals surface area contributed by atoms with Gasteiger partial charge in [-0.05, 0) is 0 Å². The van der Waals surface area contributed by atoms with Gasteiger partial charge >= 0.3 is 92.9 Å². The molecule has 0 aromatic heterocycles. The van der Waals surface area contributed by atoms with Crippen molar-refractivity contribution >= 4 is 92.9 Å². The van der Waals surface area contributed by atoms with Crippen LogP contribution in [0.15, 0.2) is 0 Å². The Balaban J connectivity index is -0.000000320. The molecule has 0 bridgehead atoms. The monoisotopic (exact) mass is 198 g/mol. The average molecular weight is 198 g/mol. The second kappa shape index (κ2) is 9.62. The number of carbonyl (C=O) groups is 2. The number of rotatable bonds is 3. The first-order chi connectivity index (χ1) is 4.04. The molecule has 11 heavy (non-hydrogen) atoms. The Bertz CT molecular complexity index is 138. The Hall–Kier alpha value is 1.54. The maximum absolute atomic E-state index is 9.72. The van der Waals surface area contributed by atoms with Crippen LogP contribution in [0.3, 0.4) is 0 Å². The third-order valence-corrected chi connectivity index (χ3v) is 0.653. The van der Waals surface area contributed by atoms with Crippen LogP contribution in [0.25, 0.3) is 0 Å². The van der Waals surface area contributed by atoms with E-state index in [0.29, 0.717) is 0 Å². The third-order valence-electron chi connectivity index (χ3n) is 0.653. The first kappa shape index (κ1) is 18.3. The van der Waals surface area contributed by atoms with Gasteiger partial charge in [0.2, 0.25) is 0 Å². The Morgan fingerprint density at radius 1 is 1.27 bits per heavy atom. The van der Waals surface area contributed by atoms with Gasteiger partial charge < -0.3 is 15.3 Å². The zero-order chi connectivity index (χ0) is 7.44. The fraction of sp³-hybridized carbons (Fsp3) is 0.500. The zero-order valence-electron chi connectivity index (χ0n) is 4.44. The van der Waals surface area contributed by atoms with Crippen LogP contribution in [0.2, 0.25) is 0 Å². The van der Waals surface area contributed by atoms with Crippen LogP contribution < -0.4 is 0 Å². The normalized spacial score (nSPS) is 10.3. The molecule has 0 aromatic carbocycles. The van der Waals surface area contributed by atoms with E-state index < -0.39 is 24.5 Å². The number of aliphatic hydroxyl groups is 1. The summed E-state index contributed by atoms with van der Waals surface area (Å²) in [7, 11) is 0. The van der Waals surface area contributed by atoms with Crippen molar-refractivity contribution in [1.82, 2.24) is 0 Å². The Labute approximate surface area is 128 Å². The summed E-state index contributed by atoms with van der Waals surface area (Å²) in [6.45, 7) is 0. The van der Waals surface area contributed by atoms with Crippen molar-refractivity contribution in [3.8, 4) is 0 Å². The predicted octanol–water partition coefficient (Wildman–Crippen LogP) is -2.39. The molecule has 0 aliphatic rings. The van der Waals surface area contributed by atoms with E-state index in [-0.39, 0.29) is 80.9 Å². The summed E-state index contributed by atoms with van der Waals surface area (Å²) >= 11 is 0. The molecular formula is C4H8KNaO5. The summed E-state index contributed by atoms with van der Waals surface area (Å²) in [6, 6.07) is 0. The number of hydrogen-bond acceptors (Lipinski definition) is 3. The van der Waals surface area contributed by atoms with E-state index in [1.807, 2.05) is 0 Å². The predicted molar refractivity (Wildman–Crippen MR) is 40.2 cm³/mol. The Kier molecular flexibility index (Phi) is 16.0. The molecule has 0 rings (SSSR count). The fourth-order valence-corrected chi connectivity index (χ4v) is 0.253. The first-order valence-electron chi connectivity index (χ1n) is 2.16. The second-order valence-electron chi connectivity index (χ2n) is 1.45. The molecule has 5 nitrogen and oxygen atoms in total. The summed E-state index contributed by atoms with van der Waals surface area (Å²) in [4.78, 5) is 19.4. The van der Waals surface area contributed by atoms with Crippen LogP contribution in [0.5, 0.6) is 0 Å². The molecule has 0 saturated carbocycles. The summed E-state index contributed by atoms with van der Waals surface area (Å²) in [5.74, 6) is -2.85. The summed E-state index contributed by atoms with van der Waals surface area (Å²) in [5, 5.41) is 24.1. The van der Waals surface area contributed by atoms with Crippen molar-refractivity contribution in [3.05, 3.63) is 0 Å². The van der Waals surface area contributed by atoms with Gasteiger partial charge in [0.25, 0.3) is 0 Å². The van der Waals surface area contributed by atoms with E-state index in [2.05, 4.69) is 0 Å². The minimum atomic E-state index is -1.79. The van der Waals surface area contributed by atoms with Gasteiger partial charge in [-0.2, -0.15) is 0 Å². The molecule has 3 N–H and O–H groups in total. The quantitative estimate of drug-likeness (QED) is 0.440. The molecule has 0 saturated heterocycles. The molecule has 0 radical (unpaired) electrons. The van der Waals surface area contributed by atoms with E-state index in [4.69, 9.17) is 15.3 Å². The van der Waals surface area contributed by atoms with Crippen molar-refractivity contribution < 1.29 is 24.9 Å². The zero-order valence-corrected chi connectivity index (χ0v) is 4.44. The van der Waals surface area contributed by atoms with E-state index in [0.717, 1.165) is 0 Å². The van der Waals surface area contributed by atoms with Gasteiger partial charge in [0.05, 0.1) is 6.42 Å². The van der Waals surface area contributed by atoms with Gasteiger partial charge in [0.15, 0.2) is 6.10 Å². The molecule has 0 fully saturated rings. The van der Waals surface area contributed by atoms with Crippen LogP contribution in [-0.4, -0.2) is 114 Å². The number of aliphatic carboxylic acids is 2. The second-order valence-corrected chi connectivity index (χ2v) is 1.45. The number of carboxylic acid groups (broad SMARTS) is 2. The fourth-order valence-electron chi connectivity index (χ4n) is 0.253. The topological polar surface area (TPSA) is 94.8 Å². The molecule has 7 heteroatoms. The summed E-state index contributed by atoms with van der Waals surface area (Å²) < 4.78 is 0. The molecule has 0 amide bonds. The van der Waals surface area contributed by atoms with Gasteiger partial charge in [-0.1, -0.05) is 0 Å². The summed E-state index contributed by atoms with van der Waals surface area (Å²) in [6.07, 6.45) is -2.54. The van der Waals surface area contributed by atoms with Gasteiger partial charge in [0.1, 0.15) is 0 Å². The van der Waals surface area contributed by atoms with Crippen LogP contribution in [0, 0.1) is 0 Å². The molecular weight excluding hydrogens is 190 g/mol. The molecule has 0 heterocycles. The summed E-state index contributed by atoms with van der Waals surface area (Å²) in [5.41, 5.74) is 0. The van der Waals surface area contributed by atoms with Crippen LogP contribution in [0.1, 0.15) is 6.42 Å². The molecule has 56 valence electrons. The Morgan fingerprint density at radius 2 is 1.64 bits per heavy atom. The van der Waals surface area contributed by atoms with Crippen molar-refractivity contribution in [2.24, 2.45) is 0 Å². The molecule has 0 aliphatic heterocycles. The van der Waals surface area contributed by atoms with Crippen molar-refractivity contribution in [2.45, 2.75) is 12.5 Å². The van der Waals surface area contributed by atoms with E-state index in [1.165, 1.54) is 0 Å². The van der Waals surface area contributed by atoms with E-state index in [9.17, 15) is 9.59 Å². The van der Waals surface area contributed by atoms with Gasteiger partial charge in [-0.15, -0.1) is 0 Å². The molecule has 0 aromatic rings. The van der Waals surface area contributed by atoms with Gasteiger partial charge in [-0.3, -0.25) is 4.79 Å². The SMILES string of the molecule is O=C(O)CC(O)C(=O)O.[KH].[NaH]. The van der Waals surface area contributed by atoms with Crippen LogP contribution in [0.4, 0.5) is 0 Å². The average Bonchev–Trinajstić information content (AvgIpc) is 1.63. The minimum absolute atomic E-state index is 0. The first-order valence-corrected chi connectivity index (χ1v) is 2.16. The standard InChI is InChI=1S/C4H6O5.K.Na.2H/c5-2(4(8)9)1-3(6)7;;;;/h2,5H,1H2,(H,6,7)(H,8,9);;;;. The van der Waals surface area contributed by atoms with Gasteiger partial charge in [-0.25, -0.2) is 4.79 Å².